The number of ether oxygens (including phenoxy) is 1. The maximum absolute atomic E-state index is 6.19. The standard InChI is InChI=1S/C18H20N2O/c19-12-13-9-10-20-15-6-2-4-8-18(15)21-17-7-3-1-5-14(17)16(20)11-13/h1-8,13,16H,9-12,19H2. The number of piperidine rings is 1. The summed E-state index contributed by atoms with van der Waals surface area (Å²) in [5.74, 6) is 2.54. The summed E-state index contributed by atoms with van der Waals surface area (Å²) < 4.78 is 6.19. The summed E-state index contributed by atoms with van der Waals surface area (Å²) in [5, 5.41) is 0. The first-order valence-corrected chi connectivity index (χ1v) is 7.69. The third-order valence-electron chi connectivity index (χ3n) is 4.72. The van der Waals surface area contributed by atoms with Crippen molar-refractivity contribution in [3.63, 3.8) is 0 Å². The van der Waals surface area contributed by atoms with Gasteiger partial charge in [-0.25, -0.2) is 0 Å². The van der Waals surface area contributed by atoms with E-state index in [0.717, 1.165) is 37.4 Å². The lowest BCUT2D eigenvalue weighted by atomic mass is 9.86. The van der Waals surface area contributed by atoms with Crippen LogP contribution in [-0.2, 0) is 0 Å². The number of hydrogen-bond donors (Lipinski definition) is 1. The van der Waals surface area contributed by atoms with Gasteiger partial charge in [-0.2, -0.15) is 0 Å². The molecule has 3 nitrogen and oxygen atoms in total. The Hall–Kier alpha value is -2.00. The zero-order chi connectivity index (χ0) is 14.2. The molecule has 2 N–H and O–H groups in total. The maximum Gasteiger partial charge on any atom is 0.150 e. The molecule has 2 aromatic rings. The minimum atomic E-state index is 0.368. The van der Waals surface area contributed by atoms with Crippen LogP contribution in [0.25, 0.3) is 0 Å². The van der Waals surface area contributed by atoms with Crippen LogP contribution < -0.4 is 15.4 Å². The molecule has 108 valence electrons. The molecule has 2 aliphatic heterocycles. The van der Waals surface area contributed by atoms with E-state index in [1.165, 1.54) is 11.3 Å². The molecule has 0 spiro atoms. The Bertz CT molecular complexity index is 655. The number of fused-ring (bicyclic) bond motifs is 5. The van der Waals surface area contributed by atoms with Crippen LogP contribution >= 0.6 is 0 Å². The Labute approximate surface area is 125 Å². The van der Waals surface area contributed by atoms with Crippen molar-refractivity contribution in [2.75, 3.05) is 18.0 Å². The van der Waals surface area contributed by atoms with Gasteiger partial charge in [-0.1, -0.05) is 30.3 Å². The van der Waals surface area contributed by atoms with E-state index in [9.17, 15) is 0 Å². The lowest BCUT2D eigenvalue weighted by molar-refractivity contribution is 0.352. The Morgan fingerprint density at radius 1 is 1.05 bits per heavy atom. The predicted octanol–water partition coefficient (Wildman–Crippen LogP) is 3.71. The van der Waals surface area contributed by atoms with Gasteiger partial charge < -0.3 is 15.4 Å². The molecule has 0 bridgehead atoms. The van der Waals surface area contributed by atoms with E-state index >= 15 is 0 Å². The summed E-state index contributed by atoms with van der Waals surface area (Å²) in [6.45, 7) is 1.82. The first-order valence-electron chi connectivity index (χ1n) is 7.69. The largest absolute Gasteiger partial charge is 0.455 e. The lowest BCUT2D eigenvalue weighted by Crippen LogP contribution is -2.38. The smallest absolute Gasteiger partial charge is 0.150 e. The third kappa shape index (κ3) is 2.09. The molecular weight excluding hydrogens is 260 g/mol. The van der Waals surface area contributed by atoms with Gasteiger partial charge in [0, 0.05) is 12.1 Å². The van der Waals surface area contributed by atoms with Gasteiger partial charge in [0.2, 0.25) is 0 Å². The van der Waals surface area contributed by atoms with Crippen LogP contribution in [0.1, 0.15) is 24.4 Å². The number of nitrogens with two attached hydrogens (primary N) is 1. The van der Waals surface area contributed by atoms with Crippen LogP contribution in [0.4, 0.5) is 5.69 Å². The van der Waals surface area contributed by atoms with E-state index in [0.29, 0.717) is 12.0 Å². The Morgan fingerprint density at radius 2 is 1.81 bits per heavy atom. The molecule has 0 aliphatic carbocycles. The number of para-hydroxylation sites is 3. The van der Waals surface area contributed by atoms with Gasteiger partial charge in [0.1, 0.15) is 5.75 Å². The molecule has 0 aromatic heterocycles. The van der Waals surface area contributed by atoms with Gasteiger partial charge in [-0.05, 0) is 43.5 Å². The molecule has 1 fully saturated rings. The quantitative estimate of drug-likeness (QED) is 0.865. The van der Waals surface area contributed by atoms with Gasteiger partial charge >= 0.3 is 0 Å². The molecule has 4 rings (SSSR count). The average molecular weight is 280 g/mol. The summed E-state index contributed by atoms with van der Waals surface area (Å²) in [6.07, 6.45) is 2.26. The minimum Gasteiger partial charge on any atom is -0.455 e. The topological polar surface area (TPSA) is 38.5 Å². The first kappa shape index (κ1) is 12.7. The molecule has 21 heavy (non-hydrogen) atoms. The van der Waals surface area contributed by atoms with Crippen LogP contribution in [0.15, 0.2) is 48.5 Å². The molecule has 2 unspecified atom stereocenters. The Balaban J connectivity index is 1.86. The number of nitrogens with zero attached hydrogens (tertiary/aromatic N) is 1. The highest BCUT2D eigenvalue weighted by Crippen LogP contribution is 2.47. The number of hydrogen-bond acceptors (Lipinski definition) is 3. The molecule has 2 atom stereocenters. The van der Waals surface area contributed by atoms with E-state index in [-0.39, 0.29) is 0 Å². The van der Waals surface area contributed by atoms with E-state index in [2.05, 4.69) is 41.3 Å². The van der Waals surface area contributed by atoms with Crippen molar-refractivity contribution in [1.29, 1.82) is 0 Å². The third-order valence-corrected chi connectivity index (χ3v) is 4.72. The summed E-state index contributed by atoms with van der Waals surface area (Å²) >= 11 is 0. The zero-order valence-electron chi connectivity index (χ0n) is 12.0. The highest BCUT2D eigenvalue weighted by atomic mass is 16.5. The fraction of sp³-hybridized carbons (Fsp3) is 0.333. The average Bonchev–Trinajstić information content (AvgIpc) is 2.69. The van der Waals surface area contributed by atoms with E-state index in [4.69, 9.17) is 10.5 Å². The SMILES string of the molecule is NCC1CCN2c3ccccc3Oc3ccccc3C2C1. The van der Waals surface area contributed by atoms with Crippen molar-refractivity contribution in [2.24, 2.45) is 11.7 Å². The Kier molecular flexibility index (Phi) is 3.08. The summed E-state index contributed by atoms with van der Waals surface area (Å²) in [7, 11) is 0. The molecule has 0 radical (unpaired) electrons. The normalized spacial score (nSPS) is 23.4. The van der Waals surface area contributed by atoms with Crippen molar-refractivity contribution in [3.05, 3.63) is 54.1 Å². The van der Waals surface area contributed by atoms with Crippen LogP contribution in [0.2, 0.25) is 0 Å². The second-order valence-corrected chi connectivity index (χ2v) is 5.94. The minimum absolute atomic E-state index is 0.368. The van der Waals surface area contributed by atoms with Crippen molar-refractivity contribution in [3.8, 4) is 11.5 Å². The number of anilines is 1. The van der Waals surface area contributed by atoms with E-state index in [1.54, 1.807) is 0 Å². The van der Waals surface area contributed by atoms with Crippen molar-refractivity contribution >= 4 is 5.69 Å². The predicted molar refractivity (Wildman–Crippen MR) is 84.8 cm³/mol. The fourth-order valence-corrected chi connectivity index (χ4v) is 3.58. The molecule has 2 heterocycles. The second kappa shape index (κ2) is 5.08. The summed E-state index contributed by atoms with van der Waals surface area (Å²) in [4.78, 5) is 2.49. The van der Waals surface area contributed by atoms with Crippen molar-refractivity contribution < 1.29 is 4.74 Å². The molecule has 2 aliphatic rings. The summed E-state index contributed by atoms with van der Waals surface area (Å²) in [6, 6.07) is 17.1. The highest BCUT2D eigenvalue weighted by Gasteiger charge is 2.34. The molecule has 2 aromatic carbocycles. The van der Waals surface area contributed by atoms with Crippen LogP contribution in [0, 0.1) is 5.92 Å². The number of benzene rings is 2. The van der Waals surface area contributed by atoms with Gasteiger partial charge in [0.05, 0.1) is 11.7 Å². The molecule has 1 saturated heterocycles. The van der Waals surface area contributed by atoms with Gasteiger partial charge in [0.15, 0.2) is 5.75 Å². The highest BCUT2D eigenvalue weighted by molar-refractivity contribution is 5.64. The zero-order valence-corrected chi connectivity index (χ0v) is 12.0. The van der Waals surface area contributed by atoms with Crippen LogP contribution in [0.3, 0.4) is 0 Å². The monoisotopic (exact) mass is 280 g/mol. The molecule has 0 amide bonds. The van der Waals surface area contributed by atoms with Gasteiger partial charge in [-0.15, -0.1) is 0 Å². The van der Waals surface area contributed by atoms with Gasteiger partial charge in [0.25, 0.3) is 0 Å². The Morgan fingerprint density at radius 3 is 2.67 bits per heavy atom. The molecular formula is C18H20N2O. The fourth-order valence-electron chi connectivity index (χ4n) is 3.58. The maximum atomic E-state index is 6.19. The number of rotatable bonds is 1. The van der Waals surface area contributed by atoms with E-state index in [1.807, 2.05) is 12.1 Å². The summed E-state index contributed by atoms with van der Waals surface area (Å²) in [5.41, 5.74) is 8.42. The second-order valence-electron chi connectivity index (χ2n) is 5.94. The van der Waals surface area contributed by atoms with E-state index < -0.39 is 0 Å². The first-order chi connectivity index (χ1) is 10.4. The molecule has 0 saturated carbocycles. The van der Waals surface area contributed by atoms with Crippen molar-refractivity contribution in [2.45, 2.75) is 18.9 Å². The van der Waals surface area contributed by atoms with Gasteiger partial charge in [-0.3, -0.25) is 0 Å². The van der Waals surface area contributed by atoms with Crippen LogP contribution in [-0.4, -0.2) is 13.1 Å². The lowest BCUT2D eigenvalue weighted by Gasteiger charge is -2.40. The van der Waals surface area contributed by atoms with Crippen molar-refractivity contribution in [1.82, 2.24) is 0 Å². The molecule has 3 heteroatoms. The van der Waals surface area contributed by atoms with Crippen LogP contribution in [0.5, 0.6) is 11.5 Å².